The van der Waals surface area contributed by atoms with Crippen molar-refractivity contribution in [2.24, 2.45) is 0 Å². The van der Waals surface area contributed by atoms with E-state index in [0.717, 1.165) is 50.6 Å². The van der Waals surface area contributed by atoms with Crippen LogP contribution >= 0.6 is 22.6 Å². The van der Waals surface area contributed by atoms with E-state index < -0.39 is 0 Å². The van der Waals surface area contributed by atoms with Crippen LogP contribution in [0.25, 0.3) is 10.9 Å². The van der Waals surface area contributed by atoms with E-state index in [1.54, 1.807) is 0 Å². The summed E-state index contributed by atoms with van der Waals surface area (Å²) in [5.41, 5.74) is 3.86. The summed E-state index contributed by atoms with van der Waals surface area (Å²) in [4.78, 5) is 8.46. The highest BCUT2D eigenvalue weighted by molar-refractivity contribution is 14.1. The van der Waals surface area contributed by atoms with Crippen molar-refractivity contribution in [1.82, 2.24) is 9.88 Å². The van der Waals surface area contributed by atoms with Crippen molar-refractivity contribution in [2.75, 3.05) is 37.6 Å². The highest BCUT2D eigenvalue weighted by Gasteiger charge is 2.19. The third-order valence-electron chi connectivity index (χ3n) is 6.20. The van der Waals surface area contributed by atoms with Crippen molar-refractivity contribution >= 4 is 39.2 Å². The molecule has 5 rings (SSSR count). The van der Waals surface area contributed by atoms with Gasteiger partial charge < -0.3 is 14.6 Å². The number of H-pyrrole nitrogens is 1. The van der Waals surface area contributed by atoms with E-state index in [0.29, 0.717) is 0 Å². The van der Waals surface area contributed by atoms with Gasteiger partial charge in [0.2, 0.25) is 0 Å². The van der Waals surface area contributed by atoms with Crippen LogP contribution in [-0.2, 0) is 6.42 Å². The molecule has 1 aliphatic heterocycles. The van der Waals surface area contributed by atoms with Crippen LogP contribution in [0.1, 0.15) is 12.0 Å². The maximum atomic E-state index is 6.18. The van der Waals surface area contributed by atoms with E-state index in [1.165, 1.54) is 32.1 Å². The highest BCUT2D eigenvalue weighted by Crippen LogP contribution is 2.32. The largest absolute Gasteiger partial charge is 0.455 e. The number of nitrogens with zero attached hydrogens (tertiary/aromatic N) is 2. The van der Waals surface area contributed by atoms with Crippen molar-refractivity contribution in [3.8, 4) is 11.5 Å². The summed E-state index contributed by atoms with van der Waals surface area (Å²) in [5.74, 6) is 1.81. The standard InChI is InChI=1S/C27H28IN3O/c28-22-12-13-25-24(19-22)21(20-29-25)7-6-14-30-15-17-31(18-16-30)26-10-4-5-11-27(26)32-23-8-2-1-3-9-23/h1-5,8-13,19-20,29H,6-7,14-18H2. The van der Waals surface area contributed by atoms with Crippen LogP contribution in [0.15, 0.2) is 79.0 Å². The molecule has 1 saturated heterocycles. The van der Waals surface area contributed by atoms with Crippen LogP contribution < -0.4 is 9.64 Å². The molecule has 1 aliphatic rings. The molecule has 0 bridgehead atoms. The molecule has 4 nitrogen and oxygen atoms in total. The predicted octanol–water partition coefficient (Wildman–Crippen LogP) is 6.32. The maximum Gasteiger partial charge on any atom is 0.150 e. The average molecular weight is 537 g/mol. The average Bonchev–Trinajstić information content (AvgIpc) is 3.23. The van der Waals surface area contributed by atoms with Gasteiger partial charge in [-0.1, -0.05) is 30.3 Å². The summed E-state index contributed by atoms with van der Waals surface area (Å²) < 4.78 is 7.48. The molecule has 0 unspecified atom stereocenters. The number of anilines is 1. The van der Waals surface area contributed by atoms with Gasteiger partial charge in [0.1, 0.15) is 5.75 Å². The number of ether oxygens (including phenoxy) is 1. The van der Waals surface area contributed by atoms with Gasteiger partial charge in [-0.3, -0.25) is 4.90 Å². The van der Waals surface area contributed by atoms with Gasteiger partial charge in [0.05, 0.1) is 5.69 Å². The summed E-state index contributed by atoms with van der Waals surface area (Å²) in [6.45, 7) is 5.38. The molecule has 2 heterocycles. The summed E-state index contributed by atoms with van der Waals surface area (Å²) in [5, 5.41) is 1.37. The van der Waals surface area contributed by atoms with Crippen LogP contribution in [0.5, 0.6) is 11.5 Å². The van der Waals surface area contributed by atoms with Crippen LogP contribution in [0.4, 0.5) is 5.69 Å². The number of halogens is 1. The monoisotopic (exact) mass is 537 g/mol. The third kappa shape index (κ3) is 4.94. The van der Waals surface area contributed by atoms with Crippen LogP contribution in [0.2, 0.25) is 0 Å². The second-order valence-electron chi connectivity index (χ2n) is 8.32. The lowest BCUT2D eigenvalue weighted by molar-refractivity contribution is 0.254. The number of hydrogen-bond donors (Lipinski definition) is 1. The lowest BCUT2D eigenvalue weighted by Gasteiger charge is -2.36. The molecule has 4 aromatic rings. The number of rotatable bonds is 7. The van der Waals surface area contributed by atoms with E-state index in [2.05, 4.69) is 80.0 Å². The number of aromatic nitrogens is 1. The number of aryl methyl sites for hydroxylation is 1. The van der Waals surface area contributed by atoms with Gasteiger partial charge in [-0.25, -0.2) is 0 Å². The van der Waals surface area contributed by atoms with Gasteiger partial charge >= 0.3 is 0 Å². The van der Waals surface area contributed by atoms with Gasteiger partial charge in [-0.05, 0) is 90.0 Å². The fourth-order valence-electron chi connectivity index (χ4n) is 4.48. The fraction of sp³-hybridized carbons (Fsp3) is 0.259. The first-order valence-corrected chi connectivity index (χ1v) is 12.4. The van der Waals surface area contributed by atoms with Crippen molar-refractivity contribution in [2.45, 2.75) is 12.8 Å². The summed E-state index contributed by atoms with van der Waals surface area (Å²) in [6.07, 6.45) is 4.49. The van der Waals surface area contributed by atoms with Crippen molar-refractivity contribution in [3.05, 3.63) is 88.1 Å². The lowest BCUT2D eigenvalue weighted by Crippen LogP contribution is -2.46. The molecule has 0 spiro atoms. The first kappa shape index (κ1) is 21.3. The number of hydrogen-bond acceptors (Lipinski definition) is 3. The first-order chi connectivity index (χ1) is 15.8. The van der Waals surface area contributed by atoms with E-state index in [9.17, 15) is 0 Å². The number of nitrogens with one attached hydrogen (secondary N) is 1. The zero-order valence-electron chi connectivity index (χ0n) is 18.1. The van der Waals surface area contributed by atoms with Crippen LogP contribution in [0, 0.1) is 3.57 Å². The lowest BCUT2D eigenvalue weighted by atomic mass is 10.1. The van der Waals surface area contributed by atoms with Crippen LogP contribution in [-0.4, -0.2) is 42.6 Å². The SMILES string of the molecule is Ic1ccc2[nH]cc(CCCN3CCN(c4ccccc4Oc4ccccc4)CC3)c2c1. The molecule has 0 amide bonds. The molecule has 0 atom stereocenters. The van der Waals surface area contributed by atoms with E-state index in [1.807, 2.05) is 36.4 Å². The van der Waals surface area contributed by atoms with Crippen molar-refractivity contribution < 1.29 is 4.74 Å². The Hall–Kier alpha value is -2.51. The molecule has 0 radical (unpaired) electrons. The molecule has 164 valence electrons. The van der Waals surface area contributed by atoms with E-state index >= 15 is 0 Å². The fourth-order valence-corrected chi connectivity index (χ4v) is 4.97. The molecule has 1 aromatic heterocycles. The third-order valence-corrected chi connectivity index (χ3v) is 6.87. The Labute approximate surface area is 203 Å². The second kappa shape index (κ2) is 9.96. The summed E-state index contributed by atoms with van der Waals surface area (Å²) in [7, 11) is 0. The van der Waals surface area contributed by atoms with Gasteiger partial charge in [-0.2, -0.15) is 0 Å². The zero-order chi connectivity index (χ0) is 21.8. The quantitative estimate of drug-likeness (QED) is 0.280. The van der Waals surface area contributed by atoms with Gasteiger partial charge in [-0.15, -0.1) is 0 Å². The van der Waals surface area contributed by atoms with Crippen molar-refractivity contribution in [3.63, 3.8) is 0 Å². The Balaban J connectivity index is 1.15. The van der Waals surface area contributed by atoms with Gasteiger partial charge in [0.25, 0.3) is 0 Å². The van der Waals surface area contributed by atoms with E-state index in [-0.39, 0.29) is 0 Å². The molecule has 3 aromatic carbocycles. The minimum atomic E-state index is 0.880. The molecule has 1 N–H and O–H groups in total. The first-order valence-electron chi connectivity index (χ1n) is 11.3. The van der Waals surface area contributed by atoms with Gasteiger partial charge in [0.15, 0.2) is 5.75 Å². The topological polar surface area (TPSA) is 31.5 Å². The number of aromatic amines is 1. The second-order valence-corrected chi connectivity index (χ2v) is 9.56. The molecule has 0 saturated carbocycles. The molecule has 5 heteroatoms. The Morgan fingerprint density at radius 2 is 1.66 bits per heavy atom. The van der Waals surface area contributed by atoms with E-state index in [4.69, 9.17) is 4.74 Å². The minimum Gasteiger partial charge on any atom is -0.455 e. The highest BCUT2D eigenvalue weighted by atomic mass is 127. The molecule has 0 aliphatic carbocycles. The number of piperazine rings is 1. The number of fused-ring (bicyclic) bond motifs is 1. The molecule has 32 heavy (non-hydrogen) atoms. The molecule has 1 fully saturated rings. The summed E-state index contributed by atoms with van der Waals surface area (Å²) in [6, 6.07) is 25.0. The summed E-state index contributed by atoms with van der Waals surface area (Å²) >= 11 is 2.39. The normalized spacial score (nSPS) is 14.7. The molecular formula is C27H28IN3O. The number of benzene rings is 3. The Morgan fingerprint density at radius 1 is 0.875 bits per heavy atom. The maximum absolute atomic E-state index is 6.18. The Morgan fingerprint density at radius 3 is 2.50 bits per heavy atom. The van der Waals surface area contributed by atoms with Gasteiger partial charge in [0, 0.05) is 46.8 Å². The predicted molar refractivity (Wildman–Crippen MR) is 141 cm³/mol. The van der Waals surface area contributed by atoms with Crippen LogP contribution in [0.3, 0.4) is 0 Å². The Bertz CT molecular complexity index is 1170. The minimum absolute atomic E-state index is 0.880. The smallest absolute Gasteiger partial charge is 0.150 e. The van der Waals surface area contributed by atoms with Crippen molar-refractivity contribution in [1.29, 1.82) is 0 Å². The zero-order valence-corrected chi connectivity index (χ0v) is 20.3. The Kier molecular flexibility index (Phi) is 6.64. The number of para-hydroxylation sites is 3. The molecular weight excluding hydrogens is 509 g/mol.